The fraction of sp³-hybridized carbons (Fsp3) is 0.391. The molecule has 3 heterocycles. The molecule has 1 aromatic rings. The van der Waals surface area contributed by atoms with Gasteiger partial charge in [0.1, 0.15) is 0 Å². The second-order valence-corrected chi connectivity index (χ2v) is 7.97. The van der Waals surface area contributed by atoms with Crippen LogP contribution in [0.2, 0.25) is 0 Å². The summed E-state index contributed by atoms with van der Waals surface area (Å²) in [6, 6.07) is 4.46. The number of anilines is 1. The van der Waals surface area contributed by atoms with E-state index in [0.29, 0.717) is 11.3 Å². The number of nitrogens with one attached hydrogen (secondary N) is 1. The average molecular weight is 433 g/mol. The smallest absolute Gasteiger partial charge is 0.344 e. The normalized spacial score (nSPS) is 20.5. The molecule has 166 valence electrons. The van der Waals surface area contributed by atoms with Crippen molar-refractivity contribution in [3.05, 3.63) is 65.3 Å². The summed E-state index contributed by atoms with van der Waals surface area (Å²) in [5, 5.41) is 2.94. The lowest BCUT2D eigenvalue weighted by molar-refractivity contribution is -0.127. The molecule has 3 aliphatic rings. The lowest BCUT2D eigenvalue weighted by Crippen LogP contribution is -2.52. The summed E-state index contributed by atoms with van der Waals surface area (Å²) < 4.78 is 38.3. The summed E-state index contributed by atoms with van der Waals surface area (Å²) in [4.78, 5) is 28.4. The van der Waals surface area contributed by atoms with Crippen molar-refractivity contribution in [3.8, 4) is 0 Å². The number of benzene rings is 1. The Labute approximate surface area is 179 Å². The van der Waals surface area contributed by atoms with E-state index in [0.717, 1.165) is 26.1 Å². The summed E-state index contributed by atoms with van der Waals surface area (Å²) in [5.41, 5.74) is 2.32. The van der Waals surface area contributed by atoms with E-state index in [4.69, 9.17) is 0 Å². The molecule has 8 heteroatoms. The standard InChI is InChI=1S/C23H26F3N3O2/c1-15-4-6-19(12-18(15)13-23(24,25)26)28(3)21(30)7-5-16(2)22(31)27-20-14-29-10-8-17(20)9-11-29/h4-8,12,20H,2,9-11,13-14H2,1,3H3,(H,27,31)/b7-5-. The van der Waals surface area contributed by atoms with Crippen molar-refractivity contribution in [1.29, 1.82) is 0 Å². The molecule has 2 atom stereocenters. The van der Waals surface area contributed by atoms with E-state index in [1.807, 2.05) is 0 Å². The molecule has 2 bridgehead atoms. The summed E-state index contributed by atoms with van der Waals surface area (Å²) >= 11 is 0. The zero-order valence-electron chi connectivity index (χ0n) is 17.6. The van der Waals surface area contributed by atoms with Crippen LogP contribution in [0.3, 0.4) is 0 Å². The van der Waals surface area contributed by atoms with Crippen LogP contribution in [-0.4, -0.2) is 55.6 Å². The van der Waals surface area contributed by atoms with Gasteiger partial charge in [-0.05, 0) is 48.3 Å². The van der Waals surface area contributed by atoms with Gasteiger partial charge in [0.2, 0.25) is 0 Å². The number of hydrogen-bond acceptors (Lipinski definition) is 3. The van der Waals surface area contributed by atoms with Gasteiger partial charge in [0.25, 0.3) is 11.8 Å². The maximum absolute atomic E-state index is 12.8. The quantitative estimate of drug-likeness (QED) is 0.426. The molecule has 0 saturated carbocycles. The number of amides is 2. The topological polar surface area (TPSA) is 52.7 Å². The summed E-state index contributed by atoms with van der Waals surface area (Å²) in [7, 11) is 1.47. The Morgan fingerprint density at radius 3 is 2.65 bits per heavy atom. The maximum Gasteiger partial charge on any atom is 0.393 e. The number of rotatable bonds is 6. The van der Waals surface area contributed by atoms with Gasteiger partial charge in [-0.1, -0.05) is 18.7 Å². The number of aryl methyl sites for hydroxylation is 1. The van der Waals surface area contributed by atoms with E-state index in [1.54, 1.807) is 19.1 Å². The minimum atomic E-state index is -4.33. The van der Waals surface area contributed by atoms with E-state index < -0.39 is 18.5 Å². The van der Waals surface area contributed by atoms with Crippen molar-refractivity contribution in [2.24, 2.45) is 0 Å². The molecular weight excluding hydrogens is 407 g/mol. The summed E-state index contributed by atoms with van der Waals surface area (Å²) in [6.07, 6.45) is 0.196. The summed E-state index contributed by atoms with van der Waals surface area (Å²) in [5.74, 6) is -0.824. The van der Waals surface area contributed by atoms with Crippen molar-refractivity contribution in [1.82, 2.24) is 10.2 Å². The van der Waals surface area contributed by atoms with Gasteiger partial charge in [-0.25, -0.2) is 0 Å². The highest BCUT2D eigenvalue weighted by Crippen LogP contribution is 2.27. The van der Waals surface area contributed by atoms with E-state index in [9.17, 15) is 22.8 Å². The summed E-state index contributed by atoms with van der Waals surface area (Å²) in [6.45, 7) is 8.00. The highest BCUT2D eigenvalue weighted by molar-refractivity contribution is 6.03. The Morgan fingerprint density at radius 2 is 2.06 bits per heavy atom. The number of halogens is 3. The molecule has 3 aliphatic heterocycles. The third kappa shape index (κ3) is 5.85. The van der Waals surface area contributed by atoms with Crippen molar-refractivity contribution in [2.45, 2.75) is 32.0 Å². The Bertz CT molecular complexity index is 950. The van der Waals surface area contributed by atoms with Crippen LogP contribution in [0.4, 0.5) is 18.9 Å². The van der Waals surface area contributed by atoms with Gasteiger partial charge in [-0.2, -0.15) is 13.2 Å². The number of hydrogen-bond donors (Lipinski definition) is 1. The van der Waals surface area contributed by atoms with Crippen LogP contribution in [0.1, 0.15) is 17.5 Å². The molecule has 31 heavy (non-hydrogen) atoms. The number of likely N-dealkylation sites (N-methyl/N-ethyl adjacent to an activating group) is 1. The van der Waals surface area contributed by atoms with Gasteiger partial charge in [-0.3, -0.25) is 14.5 Å². The van der Waals surface area contributed by atoms with Gasteiger partial charge >= 0.3 is 6.18 Å². The third-order valence-corrected chi connectivity index (χ3v) is 5.68. The van der Waals surface area contributed by atoms with Gasteiger partial charge in [0, 0.05) is 44.0 Å². The molecule has 1 fully saturated rings. The third-order valence-electron chi connectivity index (χ3n) is 5.68. The molecule has 4 rings (SSSR count). The second-order valence-electron chi connectivity index (χ2n) is 7.97. The van der Waals surface area contributed by atoms with Crippen LogP contribution in [0.15, 0.2) is 54.2 Å². The first-order valence-corrected chi connectivity index (χ1v) is 10.1. The highest BCUT2D eigenvalue weighted by Gasteiger charge is 2.29. The van der Waals surface area contributed by atoms with Crippen LogP contribution in [0.5, 0.6) is 0 Å². The number of carbonyl (C=O) groups excluding carboxylic acids is 2. The van der Waals surface area contributed by atoms with Gasteiger partial charge in [0.05, 0.1) is 12.5 Å². The first-order valence-electron chi connectivity index (χ1n) is 10.1. The number of nitrogens with zero attached hydrogens (tertiary/aromatic N) is 2. The monoisotopic (exact) mass is 433 g/mol. The molecule has 0 spiro atoms. The van der Waals surface area contributed by atoms with Crippen LogP contribution in [0, 0.1) is 6.92 Å². The second kappa shape index (κ2) is 9.09. The van der Waals surface area contributed by atoms with E-state index in [-0.39, 0.29) is 23.1 Å². The predicted octanol–water partition coefficient (Wildman–Crippen LogP) is 3.31. The lowest BCUT2D eigenvalue weighted by atomic mass is 9.93. The van der Waals surface area contributed by atoms with Crippen LogP contribution < -0.4 is 10.2 Å². The van der Waals surface area contributed by atoms with Crippen LogP contribution in [-0.2, 0) is 16.0 Å². The van der Waals surface area contributed by atoms with Crippen molar-refractivity contribution >= 4 is 17.5 Å². The Hall–Kier alpha value is -2.87. The highest BCUT2D eigenvalue weighted by atomic mass is 19.4. The first-order chi connectivity index (χ1) is 14.5. The van der Waals surface area contributed by atoms with Crippen LogP contribution in [0.25, 0.3) is 0 Å². The number of alkyl halides is 3. The molecule has 0 aliphatic carbocycles. The number of piperidine rings is 1. The van der Waals surface area contributed by atoms with E-state index in [1.165, 1.54) is 35.7 Å². The van der Waals surface area contributed by atoms with Crippen molar-refractivity contribution in [3.63, 3.8) is 0 Å². The predicted molar refractivity (Wildman–Crippen MR) is 114 cm³/mol. The maximum atomic E-state index is 12.8. The van der Waals surface area contributed by atoms with E-state index >= 15 is 0 Å². The minimum Gasteiger partial charge on any atom is -0.344 e. The van der Waals surface area contributed by atoms with Crippen molar-refractivity contribution in [2.75, 3.05) is 31.6 Å². The van der Waals surface area contributed by atoms with Gasteiger partial charge < -0.3 is 10.2 Å². The van der Waals surface area contributed by atoms with Gasteiger partial charge in [0.15, 0.2) is 0 Å². The zero-order chi connectivity index (χ0) is 22.8. The van der Waals surface area contributed by atoms with Gasteiger partial charge in [-0.15, -0.1) is 0 Å². The molecule has 5 nitrogen and oxygen atoms in total. The van der Waals surface area contributed by atoms with Crippen molar-refractivity contribution < 1.29 is 22.8 Å². The molecule has 1 saturated heterocycles. The Balaban J connectivity index is 1.60. The SMILES string of the molecule is C=C(/C=C\C(=O)N(C)c1ccc(C)c(CC(F)(F)F)c1)C(=O)NC1CN2CC=C1CC2. The fourth-order valence-corrected chi connectivity index (χ4v) is 3.73. The fourth-order valence-electron chi connectivity index (χ4n) is 3.73. The Morgan fingerprint density at radius 1 is 1.32 bits per heavy atom. The average Bonchev–Trinajstić information content (AvgIpc) is 2.72. The zero-order valence-corrected chi connectivity index (χ0v) is 17.6. The molecule has 1 aromatic carbocycles. The molecule has 2 amide bonds. The number of carbonyl (C=O) groups is 2. The minimum absolute atomic E-state index is 0.0434. The number of fused-ring (bicyclic) bond motifs is 3. The molecule has 0 aromatic heterocycles. The Kier molecular flexibility index (Phi) is 6.69. The first kappa shape index (κ1) is 22.8. The lowest BCUT2D eigenvalue weighted by Gasteiger charge is -2.39. The molecular formula is C23H26F3N3O2. The molecule has 2 unspecified atom stereocenters. The van der Waals surface area contributed by atoms with E-state index in [2.05, 4.69) is 22.9 Å². The molecule has 0 radical (unpaired) electrons. The molecule has 1 N–H and O–H groups in total. The largest absolute Gasteiger partial charge is 0.393 e. The van der Waals surface area contributed by atoms with Crippen LogP contribution >= 0.6 is 0 Å².